The van der Waals surface area contributed by atoms with Gasteiger partial charge in [0.2, 0.25) is 17.8 Å². The van der Waals surface area contributed by atoms with E-state index in [2.05, 4.69) is 39.0 Å². The number of thioether (sulfide) groups is 1. The van der Waals surface area contributed by atoms with Crippen LogP contribution in [0.2, 0.25) is 0 Å². The number of anilines is 3. The van der Waals surface area contributed by atoms with Crippen molar-refractivity contribution in [2.75, 3.05) is 55.1 Å². The molecule has 1 N–H and O–H groups in total. The predicted molar refractivity (Wildman–Crippen MR) is 87.1 cm³/mol. The third kappa shape index (κ3) is 3.65. The Bertz CT molecular complexity index is 462. The second-order valence-electron chi connectivity index (χ2n) is 5.75. The number of rotatable bonds is 3. The van der Waals surface area contributed by atoms with Crippen molar-refractivity contribution in [3.63, 3.8) is 0 Å². The summed E-state index contributed by atoms with van der Waals surface area (Å²) in [5.74, 6) is 3.18. The van der Waals surface area contributed by atoms with Gasteiger partial charge in [0.25, 0.3) is 0 Å². The Morgan fingerprint density at radius 2 is 1.95 bits per heavy atom. The summed E-state index contributed by atoms with van der Waals surface area (Å²) in [5, 5.41) is 3.01. The van der Waals surface area contributed by atoms with Gasteiger partial charge in [-0.3, -0.25) is 0 Å². The lowest BCUT2D eigenvalue weighted by Gasteiger charge is -2.23. The Kier molecular flexibility index (Phi) is 4.57. The fraction of sp³-hybridized carbons (Fsp3) is 0.769. The summed E-state index contributed by atoms with van der Waals surface area (Å²) in [6, 6.07) is 0. The molecule has 0 atom stereocenters. The molecule has 0 unspecified atom stereocenters. The van der Waals surface area contributed by atoms with Crippen molar-refractivity contribution >= 4 is 29.6 Å². The molecule has 1 aliphatic rings. The van der Waals surface area contributed by atoms with Crippen molar-refractivity contribution in [1.82, 2.24) is 15.0 Å². The van der Waals surface area contributed by atoms with Crippen LogP contribution < -0.4 is 15.1 Å². The van der Waals surface area contributed by atoms with Crippen LogP contribution in [0.25, 0.3) is 0 Å². The van der Waals surface area contributed by atoms with E-state index in [1.165, 1.54) is 0 Å². The van der Waals surface area contributed by atoms with Crippen molar-refractivity contribution in [3.05, 3.63) is 0 Å². The average molecular weight is 296 g/mol. The van der Waals surface area contributed by atoms with Crippen LogP contribution in [-0.2, 0) is 0 Å². The first-order valence-electron chi connectivity index (χ1n) is 6.91. The van der Waals surface area contributed by atoms with Crippen LogP contribution in [0.4, 0.5) is 17.8 Å². The smallest absolute Gasteiger partial charge is 0.231 e. The van der Waals surface area contributed by atoms with Crippen LogP contribution in [0, 0.1) is 0 Å². The molecule has 1 fully saturated rings. The molecule has 6 nitrogen and oxygen atoms in total. The first-order chi connectivity index (χ1) is 9.41. The van der Waals surface area contributed by atoms with Gasteiger partial charge in [0.15, 0.2) is 0 Å². The lowest BCUT2D eigenvalue weighted by Crippen LogP contribution is -2.30. The summed E-state index contributed by atoms with van der Waals surface area (Å²) in [6.07, 6.45) is 1.13. The van der Waals surface area contributed by atoms with Gasteiger partial charge in [0, 0.05) is 44.7 Å². The summed E-state index contributed by atoms with van der Waals surface area (Å²) < 4.78 is 0.331. The number of nitrogens with one attached hydrogen (secondary N) is 1. The van der Waals surface area contributed by atoms with Crippen LogP contribution in [-0.4, -0.2) is 59.7 Å². The van der Waals surface area contributed by atoms with E-state index in [0.717, 1.165) is 31.2 Å². The Hall–Kier alpha value is -1.24. The summed E-state index contributed by atoms with van der Waals surface area (Å²) >= 11 is 2.02. The van der Waals surface area contributed by atoms with Crippen molar-refractivity contribution in [2.45, 2.75) is 25.0 Å². The molecule has 1 aromatic heterocycles. The van der Waals surface area contributed by atoms with E-state index in [9.17, 15) is 0 Å². The zero-order chi connectivity index (χ0) is 14.8. The van der Waals surface area contributed by atoms with Crippen molar-refractivity contribution in [1.29, 1.82) is 0 Å². The third-order valence-electron chi connectivity index (χ3n) is 3.36. The number of nitrogens with zero attached hydrogens (tertiary/aromatic N) is 5. The highest BCUT2D eigenvalue weighted by Crippen LogP contribution is 2.31. The van der Waals surface area contributed by atoms with Crippen LogP contribution >= 0.6 is 11.8 Å². The van der Waals surface area contributed by atoms with E-state index in [-0.39, 0.29) is 0 Å². The summed E-state index contributed by atoms with van der Waals surface area (Å²) in [6.45, 7) is 6.58. The zero-order valence-electron chi connectivity index (χ0n) is 13.0. The lowest BCUT2D eigenvalue weighted by atomic mass is 10.1. The van der Waals surface area contributed by atoms with Crippen LogP contribution in [0.3, 0.4) is 0 Å². The monoisotopic (exact) mass is 296 g/mol. The minimum absolute atomic E-state index is 0.331. The van der Waals surface area contributed by atoms with Gasteiger partial charge < -0.3 is 15.1 Å². The minimum Gasteiger partial charge on any atom is -0.357 e. The molecule has 1 saturated heterocycles. The van der Waals surface area contributed by atoms with Gasteiger partial charge in [-0.1, -0.05) is 13.8 Å². The van der Waals surface area contributed by atoms with Gasteiger partial charge in [-0.25, -0.2) is 0 Å². The average Bonchev–Trinajstić information content (AvgIpc) is 2.59. The zero-order valence-corrected chi connectivity index (χ0v) is 13.8. The van der Waals surface area contributed by atoms with Gasteiger partial charge in [0.05, 0.1) is 0 Å². The Morgan fingerprint density at radius 1 is 1.20 bits per heavy atom. The quantitative estimate of drug-likeness (QED) is 0.911. The maximum absolute atomic E-state index is 4.57. The largest absolute Gasteiger partial charge is 0.357 e. The number of aromatic nitrogens is 3. The first-order valence-corrected chi connectivity index (χ1v) is 7.90. The van der Waals surface area contributed by atoms with Crippen LogP contribution in [0.5, 0.6) is 0 Å². The molecule has 1 aromatic rings. The van der Waals surface area contributed by atoms with Crippen molar-refractivity contribution in [3.8, 4) is 0 Å². The second kappa shape index (κ2) is 6.03. The van der Waals surface area contributed by atoms with E-state index in [4.69, 9.17) is 0 Å². The Labute approximate surface area is 125 Å². The molecule has 0 bridgehead atoms. The molecular formula is C13H24N6S. The Balaban J connectivity index is 2.25. The highest BCUT2D eigenvalue weighted by molar-refractivity contribution is 8.00. The van der Waals surface area contributed by atoms with E-state index >= 15 is 0 Å². The first kappa shape index (κ1) is 15.2. The molecule has 0 amide bonds. The molecule has 0 aromatic carbocycles. The molecule has 2 rings (SSSR count). The van der Waals surface area contributed by atoms with Crippen LogP contribution in [0.1, 0.15) is 20.3 Å². The molecular weight excluding hydrogens is 272 g/mol. The molecule has 0 radical (unpaired) electrons. The summed E-state index contributed by atoms with van der Waals surface area (Å²) in [7, 11) is 5.72. The SMILES string of the molecule is CNc1nc(N(C)C)nc(N2CCSC(C)(C)CC2)n1. The summed E-state index contributed by atoms with van der Waals surface area (Å²) in [5.41, 5.74) is 0. The second-order valence-corrected chi connectivity index (χ2v) is 7.55. The van der Waals surface area contributed by atoms with E-state index in [1.54, 1.807) is 0 Å². The van der Waals surface area contributed by atoms with Gasteiger partial charge in [-0.15, -0.1) is 0 Å². The van der Waals surface area contributed by atoms with E-state index in [1.807, 2.05) is 37.8 Å². The highest BCUT2D eigenvalue weighted by atomic mass is 32.2. The molecule has 2 heterocycles. The molecule has 1 aliphatic heterocycles. The van der Waals surface area contributed by atoms with Gasteiger partial charge >= 0.3 is 0 Å². The maximum Gasteiger partial charge on any atom is 0.231 e. The molecule has 20 heavy (non-hydrogen) atoms. The number of hydrogen-bond donors (Lipinski definition) is 1. The third-order valence-corrected chi connectivity index (χ3v) is 4.73. The predicted octanol–water partition coefficient (Wildman–Crippen LogP) is 1.70. The Morgan fingerprint density at radius 3 is 2.60 bits per heavy atom. The fourth-order valence-electron chi connectivity index (χ4n) is 2.03. The highest BCUT2D eigenvalue weighted by Gasteiger charge is 2.25. The topological polar surface area (TPSA) is 57.2 Å². The molecule has 0 aliphatic carbocycles. The molecule has 112 valence electrons. The minimum atomic E-state index is 0.331. The van der Waals surface area contributed by atoms with Crippen molar-refractivity contribution in [2.24, 2.45) is 0 Å². The van der Waals surface area contributed by atoms with Gasteiger partial charge in [0.1, 0.15) is 0 Å². The van der Waals surface area contributed by atoms with Gasteiger partial charge in [-0.2, -0.15) is 26.7 Å². The van der Waals surface area contributed by atoms with Crippen LogP contribution in [0.15, 0.2) is 0 Å². The molecule has 0 spiro atoms. The standard InChI is InChI=1S/C13H24N6S/c1-13(2)6-7-19(8-9-20-13)12-16-10(14-3)15-11(17-12)18(4)5/h6-9H2,1-5H3,(H,14,15,16,17). The fourth-order valence-corrected chi connectivity index (χ4v) is 3.13. The molecule has 0 saturated carbocycles. The molecule has 7 heteroatoms. The maximum atomic E-state index is 4.57. The van der Waals surface area contributed by atoms with Gasteiger partial charge in [-0.05, 0) is 6.42 Å². The lowest BCUT2D eigenvalue weighted by molar-refractivity contribution is 0.631. The summed E-state index contributed by atoms with van der Waals surface area (Å²) in [4.78, 5) is 17.6. The number of hydrogen-bond acceptors (Lipinski definition) is 7. The van der Waals surface area contributed by atoms with E-state index < -0.39 is 0 Å². The van der Waals surface area contributed by atoms with Crippen molar-refractivity contribution < 1.29 is 0 Å². The normalized spacial score (nSPS) is 18.6. The van der Waals surface area contributed by atoms with E-state index in [0.29, 0.717) is 16.6 Å².